The van der Waals surface area contributed by atoms with Crippen molar-refractivity contribution in [3.05, 3.63) is 66.7 Å². The van der Waals surface area contributed by atoms with E-state index in [1.807, 2.05) is 18.2 Å². The molecule has 0 heterocycles. The Morgan fingerprint density at radius 2 is 1.83 bits per heavy atom. The fourth-order valence-corrected chi connectivity index (χ4v) is 2.55. The van der Waals surface area contributed by atoms with Gasteiger partial charge in [-0.1, -0.05) is 24.3 Å². The van der Waals surface area contributed by atoms with Crippen molar-refractivity contribution < 1.29 is 17.9 Å². The van der Waals surface area contributed by atoms with Crippen molar-refractivity contribution in [2.24, 2.45) is 5.14 Å². The summed E-state index contributed by atoms with van der Waals surface area (Å²) in [5.74, 6) is 0.267. The number of amides is 1. The number of carbonyl (C=O) groups excluding carboxylic acids is 1. The molecule has 3 N–H and O–H groups in total. The summed E-state index contributed by atoms with van der Waals surface area (Å²) in [5, 5.41) is 7.64. The van der Waals surface area contributed by atoms with Crippen molar-refractivity contribution in [2.75, 3.05) is 11.9 Å². The third-order valence-electron chi connectivity index (χ3n) is 3.16. The first-order valence-electron chi connectivity index (χ1n) is 7.14. The lowest BCUT2D eigenvalue weighted by Gasteiger charge is -2.11. The van der Waals surface area contributed by atoms with Crippen molar-refractivity contribution in [2.45, 2.75) is 11.3 Å². The molecule has 126 valence electrons. The summed E-state index contributed by atoms with van der Waals surface area (Å²) in [4.78, 5) is 11.9. The molecule has 0 saturated heterocycles. The Balaban J connectivity index is 1.95. The van der Waals surface area contributed by atoms with E-state index in [4.69, 9.17) is 9.88 Å². The van der Waals surface area contributed by atoms with Gasteiger partial charge in [0, 0.05) is 5.69 Å². The van der Waals surface area contributed by atoms with Crippen LogP contribution in [0.25, 0.3) is 0 Å². The number of nitrogens with two attached hydrogens (primary N) is 1. The molecule has 7 heteroatoms. The van der Waals surface area contributed by atoms with Gasteiger partial charge in [0.1, 0.15) is 5.75 Å². The van der Waals surface area contributed by atoms with Crippen molar-refractivity contribution in [3.8, 4) is 5.75 Å². The molecular formula is C17H18N2O4S. The minimum absolute atomic E-state index is 0.0184. The van der Waals surface area contributed by atoms with Gasteiger partial charge in [-0.2, -0.15) is 0 Å². The zero-order valence-corrected chi connectivity index (χ0v) is 13.8. The van der Waals surface area contributed by atoms with Gasteiger partial charge >= 0.3 is 0 Å². The molecule has 24 heavy (non-hydrogen) atoms. The number of para-hydroxylation sites is 1. The number of allylic oxidation sites excluding steroid dienone is 1. The van der Waals surface area contributed by atoms with Crippen LogP contribution in [0, 0.1) is 0 Å². The van der Waals surface area contributed by atoms with Gasteiger partial charge in [0.05, 0.1) is 4.90 Å². The van der Waals surface area contributed by atoms with Gasteiger partial charge in [-0.05, 0) is 42.3 Å². The zero-order chi connectivity index (χ0) is 17.6. The first kappa shape index (κ1) is 17.7. The summed E-state index contributed by atoms with van der Waals surface area (Å²) >= 11 is 0. The van der Waals surface area contributed by atoms with Crippen LogP contribution in [0.15, 0.2) is 66.1 Å². The summed E-state index contributed by atoms with van der Waals surface area (Å²) in [6, 6.07) is 13.0. The van der Waals surface area contributed by atoms with Crippen molar-refractivity contribution in [3.63, 3.8) is 0 Å². The number of hydrogen-bond acceptors (Lipinski definition) is 4. The SMILES string of the molecule is C=CCc1ccccc1OCC(=O)Nc1ccc(S(N)(=O)=O)cc1. The number of carbonyl (C=O) groups is 1. The van der Waals surface area contributed by atoms with Gasteiger partial charge < -0.3 is 10.1 Å². The predicted octanol–water partition coefficient (Wildman–Crippen LogP) is 2.08. The minimum atomic E-state index is -3.75. The molecule has 0 aliphatic heterocycles. The molecule has 0 spiro atoms. The highest BCUT2D eigenvalue weighted by molar-refractivity contribution is 7.89. The van der Waals surface area contributed by atoms with Crippen LogP contribution in [0.1, 0.15) is 5.56 Å². The normalized spacial score (nSPS) is 10.9. The van der Waals surface area contributed by atoms with Gasteiger partial charge in [-0.25, -0.2) is 13.6 Å². The Hall–Kier alpha value is -2.64. The molecule has 2 aromatic carbocycles. The standard InChI is InChI=1S/C17H18N2O4S/c1-2-5-13-6-3-4-7-16(13)23-12-17(20)19-14-8-10-15(11-9-14)24(18,21)22/h2-4,6-11H,1,5,12H2,(H,19,20)(H2,18,21,22). The van der Waals surface area contributed by atoms with Crippen LogP contribution >= 0.6 is 0 Å². The number of anilines is 1. The van der Waals surface area contributed by atoms with E-state index in [0.717, 1.165) is 5.56 Å². The Labute approximate surface area is 141 Å². The van der Waals surface area contributed by atoms with Crippen LogP contribution in [0.3, 0.4) is 0 Å². The van der Waals surface area contributed by atoms with Gasteiger partial charge in [0.15, 0.2) is 6.61 Å². The molecule has 0 unspecified atom stereocenters. The third kappa shape index (κ3) is 4.94. The van der Waals surface area contributed by atoms with E-state index in [2.05, 4.69) is 11.9 Å². The second-order valence-corrected chi connectivity index (χ2v) is 6.57. The number of benzene rings is 2. The highest BCUT2D eigenvalue weighted by atomic mass is 32.2. The maximum Gasteiger partial charge on any atom is 0.262 e. The van der Waals surface area contributed by atoms with Gasteiger partial charge in [0.25, 0.3) is 5.91 Å². The van der Waals surface area contributed by atoms with Crippen LogP contribution in [0.2, 0.25) is 0 Å². The quantitative estimate of drug-likeness (QED) is 0.750. The van der Waals surface area contributed by atoms with Crippen molar-refractivity contribution in [1.82, 2.24) is 0 Å². The average Bonchev–Trinajstić information content (AvgIpc) is 2.54. The Bertz CT molecular complexity index is 830. The fourth-order valence-electron chi connectivity index (χ4n) is 2.04. The molecule has 6 nitrogen and oxygen atoms in total. The van der Waals surface area contributed by atoms with Crippen LogP contribution in [-0.2, 0) is 21.2 Å². The summed E-state index contributed by atoms with van der Waals surface area (Å²) in [7, 11) is -3.75. The number of nitrogens with one attached hydrogen (secondary N) is 1. The largest absolute Gasteiger partial charge is 0.483 e. The third-order valence-corrected chi connectivity index (χ3v) is 4.09. The Morgan fingerprint density at radius 3 is 2.46 bits per heavy atom. The molecule has 2 rings (SSSR count). The van der Waals surface area contributed by atoms with Gasteiger partial charge in [-0.3, -0.25) is 4.79 Å². The van der Waals surface area contributed by atoms with Crippen molar-refractivity contribution >= 4 is 21.6 Å². The molecule has 0 radical (unpaired) electrons. The Morgan fingerprint density at radius 1 is 1.17 bits per heavy atom. The first-order valence-corrected chi connectivity index (χ1v) is 8.69. The number of ether oxygens (including phenoxy) is 1. The maximum atomic E-state index is 11.9. The van der Waals surface area contributed by atoms with E-state index < -0.39 is 10.0 Å². The second-order valence-electron chi connectivity index (χ2n) is 5.01. The van der Waals surface area contributed by atoms with Crippen LogP contribution in [0.4, 0.5) is 5.69 Å². The molecule has 0 atom stereocenters. The molecular weight excluding hydrogens is 328 g/mol. The molecule has 1 amide bonds. The first-order chi connectivity index (χ1) is 11.4. The number of sulfonamides is 1. The lowest BCUT2D eigenvalue weighted by atomic mass is 10.1. The monoisotopic (exact) mass is 346 g/mol. The predicted molar refractivity (Wildman–Crippen MR) is 92.3 cm³/mol. The van der Waals surface area contributed by atoms with E-state index >= 15 is 0 Å². The maximum absolute atomic E-state index is 11.9. The molecule has 0 aliphatic carbocycles. The minimum Gasteiger partial charge on any atom is -0.483 e. The lowest BCUT2D eigenvalue weighted by Crippen LogP contribution is -2.20. The van der Waals surface area contributed by atoms with Gasteiger partial charge in [-0.15, -0.1) is 6.58 Å². The highest BCUT2D eigenvalue weighted by Crippen LogP contribution is 2.19. The van der Waals surface area contributed by atoms with Crippen LogP contribution in [0.5, 0.6) is 5.75 Å². The zero-order valence-electron chi connectivity index (χ0n) is 12.9. The van der Waals surface area contributed by atoms with E-state index in [9.17, 15) is 13.2 Å². The molecule has 0 bridgehead atoms. The van der Waals surface area contributed by atoms with E-state index in [0.29, 0.717) is 17.9 Å². The van der Waals surface area contributed by atoms with Gasteiger partial charge in [0.2, 0.25) is 10.0 Å². The summed E-state index contributed by atoms with van der Waals surface area (Å²) in [6.07, 6.45) is 2.40. The second kappa shape index (κ2) is 7.76. The lowest BCUT2D eigenvalue weighted by molar-refractivity contribution is -0.118. The molecule has 0 aromatic heterocycles. The number of hydrogen-bond donors (Lipinski definition) is 2. The molecule has 2 aromatic rings. The van der Waals surface area contributed by atoms with E-state index in [1.54, 1.807) is 12.1 Å². The topological polar surface area (TPSA) is 98.5 Å². The molecule has 0 fully saturated rings. The average molecular weight is 346 g/mol. The Kier molecular flexibility index (Phi) is 5.73. The molecule has 0 aliphatic rings. The number of primary sulfonamides is 1. The number of rotatable bonds is 7. The summed E-state index contributed by atoms with van der Waals surface area (Å²) in [5.41, 5.74) is 1.40. The molecule has 0 saturated carbocycles. The summed E-state index contributed by atoms with van der Waals surface area (Å²) in [6.45, 7) is 3.52. The fraction of sp³-hybridized carbons (Fsp3) is 0.118. The van der Waals surface area contributed by atoms with E-state index in [1.165, 1.54) is 24.3 Å². The van der Waals surface area contributed by atoms with Crippen molar-refractivity contribution in [1.29, 1.82) is 0 Å². The van der Waals surface area contributed by atoms with E-state index in [-0.39, 0.29) is 17.4 Å². The highest BCUT2D eigenvalue weighted by Gasteiger charge is 2.09. The van der Waals surface area contributed by atoms with Crippen LogP contribution in [-0.4, -0.2) is 20.9 Å². The van der Waals surface area contributed by atoms with Crippen LogP contribution < -0.4 is 15.2 Å². The summed E-state index contributed by atoms with van der Waals surface area (Å²) < 4.78 is 27.9. The smallest absolute Gasteiger partial charge is 0.262 e.